The maximum absolute atomic E-state index is 8.71. The van der Waals surface area contributed by atoms with Gasteiger partial charge in [-0.15, -0.1) is 0 Å². The van der Waals surface area contributed by atoms with Crippen LogP contribution in [0.1, 0.15) is 11.3 Å². The molecular formula is C8H11N5. The second-order valence-electron chi connectivity index (χ2n) is 2.88. The Morgan fingerprint density at radius 1 is 1.38 bits per heavy atom. The van der Waals surface area contributed by atoms with Crippen molar-refractivity contribution in [2.24, 2.45) is 0 Å². The second-order valence-corrected chi connectivity index (χ2v) is 2.88. The average molecular weight is 177 g/mol. The molecule has 1 heterocycles. The standard InChI is InChI=1S/C8H11N5/c1-5-6(4-9)7(10)12-8(11-5)13(2)3/h1-3H3,(H2,10,11,12). The lowest BCUT2D eigenvalue weighted by Gasteiger charge is -2.11. The van der Waals surface area contributed by atoms with Crippen molar-refractivity contribution in [1.29, 1.82) is 5.26 Å². The van der Waals surface area contributed by atoms with Crippen molar-refractivity contribution in [2.45, 2.75) is 6.92 Å². The van der Waals surface area contributed by atoms with Crippen LogP contribution in [0, 0.1) is 18.3 Å². The van der Waals surface area contributed by atoms with Crippen molar-refractivity contribution >= 4 is 11.8 Å². The Kier molecular flexibility index (Phi) is 2.33. The first kappa shape index (κ1) is 9.26. The average Bonchev–Trinajstić information content (AvgIpc) is 2.03. The molecule has 68 valence electrons. The zero-order valence-electron chi connectivity index (χ0n) is 7.87. The van der Waals surface area contributed by atoms with Crippen LogP contribution in [0.2, 0.25) is 0 Å². The number of nitriles is 1. The van der Waals surface area contributed by atoms with Gasteiger partial charge in [-0.05, 0) is 6.92 Å². The van der Waals surface area contributed by atoms with Crippen LogP contribution in [-0.4, -0.2) is 24.1 Å². The van der Waals surface area contributed by atoms with Crippen LogP contribution in [0.5, 0.6) is 0 Å². The van der Waals surface area contributed by atoms with E-state index < -0.39 is 0 Å². The van der Waals surface area contributed by atoms with Gasteiger partial charge < -0.3 is 10.6 Å². The molecule has 0 aliphatic rings. The van der Waals surface area contributed by atoms with E-state index in [9.17, 15) is 0 Å². The van der Waals surface area contributed by atoms with Gasteiger partial charge in [0.15, 0.2) is 0 Å². The minimum absolute atomic E-state index is 0.235. The Bertz CT molecular complexity index is 340. The largest absolute Gasteiger partial charge is 0.382 e. The lowest BCUT2D eigenvalue weighted by Crippen LogP contribution is -2.15. The third kappa shape index (κ3) is 1.67. The minimum Gasteiger partial charge on any atom is -0.382 e. The van der Waals surface area contributed by atoms with Gasteiger partial charge in [-0.3, -0.25) is 0 Å². The fourth-order valence-corrected chi connectivity index (χ4v) is 0.918. The summed E-state index contributed by atoms with van der Waals surface area (Å²) in [5.74, 6) is 0.757. The topological polar surface area (TPSA) is 78.8 Å². The van der Waals surface area contributed by atoms with E-state index in [4.69, 9.17) is 11.0 Å². The molecule has 0 atom stereocenters. The smallest absolute Gasteiger partial charge is 0.227 e. The maximum Gasteiger partial charge on any atom is 0.227 e. The predicted molar refractivity (Wildman–Crippen MR) is 50.2 cm³/mol. The number of anilines is 2. The normalized spacial score (nSPS) is 9.38. The van der Waals surface area contributed by atoms with E-state index in [1.165, 1.54) is 0 Å². The molecular weight excluding hydrogens is 166 g/mol. The van der Waals surface area contributed by atoms with Crippen molar-refractivity contribution in [1.82, 2.24) is 9.97 Å². The van der Waals surface area contributed by atoms with E-state index >= 15 is 0 Å². The summed E-state index contributed by atoms with van der Waals surface area (Å²) in [7, 11) is 3.64. The van der Waals surface area contributed by atoms with E-state index in [0.717, 1.165) is 0 Å². The molecule has 5 nitrogen and oxygen atoms in total. The molecule has 0 radical (unpaired) electrons. The summed E-state index contributed by atoms with van der Waals surface area (Å²) < 4.78 is 0. The number of aryl methyl sites for hydroxylation is 1. The van der Waals surface area contributed by atoms with Crippen molar-refractivity contribution in [3.63, 3.8) is 0 Å². The van der Waals surface area contributed by atoms with Crippen LogP contribution in [0.3, 0.4) is 0 Å². The first-order valence-corrected chi connectivity index (χ1v) is 3.77. The quantitative estimate of drug-likeness (QED) is 0.667. The molecule has 0 fully saturated rings. The van der Waals surface area contributed by atoms with E-state index in [-0.39, 0.29) is 5.82 Å². The fourth-order valence-electron chi connectivity index (χ4n) is 0.918. The molecule has 0 unspecified atom stereocenters. The van der Waals surface area contributed by atoms with Crippen molar-refractivity contribution in [2.75, 3.05) is 24.7 Å². The molecule has 5 heteroatoms. The maximum atomic E-state index is 8.71. The first-order valence-electron chi connectivity index (χ1n) is 3.77. The van der Waals surface area contributed by atoms with Crippen molar-refractivity contribution in [3.8, 4) is 6.07 Å². The highest BCUT2D eigenvalue weighted by atomic mass is 15.2. The van der Waals surface area contributed by atoms with Crippen LogP contribution in [0.4, 0.5) is 11.8 Å². The Morgan fingerprint density at radius 2 is 2.00 bits per heavy atom. The predicted octanol–water partition coefficient (Wildman–Crippen LogP) is 0.305. The third-order valence-electron chi connectivity index (χ3n) is 1.62. The number of nitrogen functional groups attached to an aromatic ring is 1. The van der Waals surface area contributed by atoms with Gasteiger partial charge in [-0.1, -0.05) is 0 Å². The summed E-state index contributed by atoms with van der Waals surface area (Å²) in [6.45, 7) is 1.74. The summed E-state index contributed by atoms with van der Waals surface area (Å²) in [4.78, 5) is 9.83. The summed E-state index contributed by atoms with van der Waals surface area (Å²) in [6, 6.07) is 1.96. The fraction of sp³-hybridized carbons (Fsp3) is 0.375. The lowest BCUT2D eigenvalue weighted by molar-refractivity contribution is 0.977. The van der Waals surface area contributed by atoms with E-state index in [1.807, 2.05) is 20.2 Å². The number of nitrogens with zero attached hydrogens (tertiary/aromatic N) is 4. The van der Waals surface area contributed by atoms with Crippen LogP contribution < -0.4 is 10.6 Å². The van der Waals surface area contributed by atoms with Crippen molar-refractivity contribution < 1.29 is 0 Å². The molecule has 0 amide bonds. The number of aromatic nitrogens is 2. The Labute approximate surface area is 76.8 Å². The summed E-state index contributed by atoms with van der Waals surface area (Å²) in [5.41, 5.74) is 6.53. The zero-order chi connectivity index (χ0) is 10.0. The van der Waals surface area contributed by atoms with Gasteiger partial charge in [0.05, 0.1) is 5.69 Å². The van der Waals surface area contributed by atoms with Gasteiger partial charge in [-0.2, -0.15) is 10.2 Å². The molecule has 0 aliphatic carbocycles. The lowest BCUT2D eigenvalue weighted by atomic mass is 10.2. The van der Waals surface area contributed by atoms with E-state index in [2.05, 4.69) is 9.97 Å². The molecule has 0 aliphatic heterocycles. The van der Waals surface area contributed by atoms with Gasteiger partial charge in [0, 0.05) is 14.1 Å². The number of nitrogens with two attached hydrogens (primary N) is 1. The molecule has 0 bridgehead atoms. The Balaban J connectivity index is 3.30. The van der Waals surface area contributed by atoms with Gasteiger partial charge in [0.2, 0.25) is 5.95 Å². The molecule has 1 rings (SSSR count). The zero-order valence-corrected chi connectivity index (χ0v) is 7.87. The monoisotopic (exact) mass is 177 g/mol. The number of hydrogen-bond donors (Lipinski definition) is 1. The molecule has 2 N–H and O–H groups in total. The van der Waals surface area contributed by atoms with Crippen LogP contribution >= 0.6 is 0 Å². The van der Waals surface area contributed by atoms with Crippen LogP contribution in [0.15, 0.2) is 0 Å². The SMILES string of the molecule is Cc1nc(N(C)C)nc(N)c1C#N. The molecule has 0 aromatic carbocycles. The molecule has 1 aromatic heterocycles. The van der Waals surface area contributed by atoms with Crippen molar-refractivity contribution in [3.05, 3.63) is 11.3 Å². The molecule has 0 spiro atoms. The summed E-state index contributed by atoms with van der Waals surface area (Å²) >= 11 is 0. The molecule has 13 heavy (non-hydrogen) atoms. The van der Waals surface area contributed by atoms with E-state index in [0.29, 0.717) is 17.2 Å². The summed E-state index contributed by atoms with van der Waals surface area (Å²) in [5, 5.41) is 8.71. The second kappa shape index (κ2) is 3.27. The third-order valence-corrected chi connectivity index (χ3v) is 1.62. The molecule has 0 saturated carbocycles. The van der Waals surface area contributed by atoms with Crippen LogP contribution in [0.25, 0.3) is 0 Å². The first-order chi connectivity index (χ1) is 6.06. The number of rotatable bonds is 1. The summed E-state index contributed by atoms with van der Waals surface area (Å²) in [6.07, 6.45) is 0. The van der Waals surface area contributed by atoms with Gasteiger partial charge in [-0.25, -0.2) is 4.98 Å². The Hall–Kier alpha value is -1.83. The highest BCUT2D eigenvalue weighted by Gasteiger charge is 2.08. The minimum atomic E-state index is 0.235. The molecule has 0 saturated heterocycles. The van der Waals surface area contributed by atoms with Gasteiger partial charge in [0.1, 0.15) is 17.5 Å². The van der Waals surface area contributed by atoms with Gasteiger partial charge in [0.25, 0.3) is 0 Å². The Morgan fingerprint density at radius 3 is 2.38 bits per heavy atom. The highest BCUT2D eigenvalue weighted by Crippen LogP contribution is 2.14. The number of hydrogen-bond acceptors (Lipinski definition) is 5. The van der Waals surface area contributed by atoms with Crippen LogP contribution in [-0.2, 0) is 0 Å². The molecule has 1 aromatic rings. The van der Waals surface area contributed by atoms with Gasteiger partial charge >= 0.3 is 0 Å². The van der Waals surface area contributed by atoms with E-state index in [1.54, 1.807) is 11.8 Å². The highest BCUT2D eigenvalue weighted by molar-refractivity contribution is 5.53.